The molecule has 0 N–H and O–H groups in total. The van der Waals surface area contributed by atoms with Crippen LogP contribution in [0.15, 0.2) is 16.7 Å². The van der Waals surface area contributed by atoms with E-state index in [9.17, 15) is 4.79 Å². The van der Waals surface area contributed by atoms with E-state index in [-0.39, 0.29) is 0 Å². The molecule has 0 amide bonds. The third-order valence-corrected chi connectivity index (χ3v) is 4.17. The first kappa shape index (κ1) is 17.0. The van der Waals surface area contributed by atoms with Gasteiger partial charge < -0.3 is 23.9 Å². The summed E-state index contributed by atoms with van der Waals surface area (Å²) in [5.74, 6) is -0.0979. The first-order chi connectivity index (χ1) is 10.6. The second-order valence-electron chi connectivity index (χ2n) is 6.00. The van der Waals surface area contributed by atoms with Crippen LogP contribution in [-0.4, -0.2) is 81.1 Å². The van der Waals surface area contributed by atoms with Crippen LogP contribution in [0.4, 0.5) is 0 Å². The maximum Gasteiger partial charge on any atom is 0.374 e. The van der Waals surface area contributed by atoms with Crippen molar-refractivity contribution in [1.29, 1.82) is 0 Å². The molecule has 124 valence electrons. The van der Waals surface area contributed by atoms with E-state index >= 15 is 0 Å². The molecule has 0 radical (unpaired) electrons. The molecule has 2 heterocycles. The number of hydrogen-bond acceptors (Lipinski definition) is 6. The van der Waals surface area contributed by atoms with Crippen molar-refractivity contribution in [2.45, 2.75) is 13.0 Å². The fourth-order valence-electron chi connectivity index (χ4n) is 2.74. The average Bonchev–Trinajstić information content (AvgIpc) is 2.96. The monoisotopic (exact) mass is 309 g/mol. The lowest BCUT2D eigenvalue weighted by Crippen LogP contribution is -2.45. The summed E-state index contributed by atoms with van der Waals surface area (Å²) in [6.45, 7) is 7.47. The average molecular weight is 309 g/mol. The Bertz CT molecular complexity index is 467. The van der Waals surface area contributed by atoms with E-state index in [0.29, 0.717) is 12.3 Å². The highest BCUT2D eigenvalue weighted by atomic mass is 16.5. The zero-order valence-corrected chi connectivity index (χ0v) is 13.9. The van der Waals surface area contributed by atoms with Gasteiger partial charge in [-0.2, -0.15) is 0 Å². The Hall–Kier alpha value is -1.37. The molecule has 0 saturated carbocycles. The topological polar surface area (TPSA) is 49.2 Å². The highest BCUT2D eigenvalue weighted by Gasteiger charge is 2.17. The molecule has 0 aliphatic carbocycles. The molecule has 0 aromatic carbocycles. The van der Waals surface area contributed by atoms with Crippen molar-refractivity contribution in [1.82, 2.24) is 14.7 Å². The number of likely N-dealkylation sites (N-methyl/N-ethyl adjacent to an activating group) is 1. The van der Waals surface area contributed by atoms with E-state index in [0.717, 1.165) is 51.3 Å². The zero-order chi connectivity index (χ0) is 15.9. The van der Waals surface area contributed by atoms with Crippen molar-refractivity contribution in [3.05, 3.63) is 23.7 Å². The largest absolute Gasteiger partial charge is 0.463 e. The van der Waals surface area contributed by atoms with Crippen LogP contribution in [0, 0.1) is 0 Å². The van der Waals surface area contributed by atoms with Gasteiger partial charge in [0.25, 0.3) is 0 Å². The Kier molecular flexibility index (Phi) is 6.42. The lowest BCUT2D eigenvalue weighted by Gasteiger charge is -2.32. The van der Waals surface area contributed by atoms with E-state index in [2.05, 4.69) is 28.8 Å². The normalized spacial score (nSPS) is 17.1. The van der Waals surface area contributed by atoms with Crippen LogP contribution < -0.4 is 0 Å². The van der Waals surface area contributed by atoms with Crippen LogP contribution in [0.2, 0.25) is 0 Å². The SMILES string of the molecule is COC(=O)c1occc1CN(C)CCCN1CCN(C)CC1. The molecule has 0 atom stereocenters. The van der Waals surface area contributed by atoms with Crippen molar-refractivity contribution < 1.29 is 13.9 Å². The fourth-order valence-corrected chi connectivity index (χ4v) is 2.74. The lowest BCUT2D eigenvalue weighted by molar-refractivity contribution is 0.0562. The van der Waals surface area contributed by atoms with Gasteiger partial charge in [0.1, 0.15) is 0 Å². The highest BCUT2D eigenvalue weighted by Crippen LogP contribution is 2.14. The van der Waals surface area contributed by atoms with E-state index in [4.69, 9.17) is 9.15 Å². The van der Waals surface area contributed by atoms with Crippen molar-refractivity contribution >= 4 is 5.97 Å². The summed E-state index contributed by atoms with van der Waals surface area (Å²) in [6, 6.07) is 1.84. The van der Waals surface area contributed by atoms with Gasteiger partial charge in [-0.15, -0.1) is 0 Å². The van der Waals surface area contributed by atoms with E-state index < -0.39 is 5.97 Å². The molecule has 1 fully saturated rings. The number of rotatable bonds is 7. The number of ether oxygens (including phenoxy) is 1. The van der Waals surface area contributed by atoms with Gasteiger partial charge in [-0.05, 0) is 39.7 Å². The van der Waals surface area contributed by atoms with Gasteiger partial charge in [-0.25, -0.2) is 4.79 Å². The Morgan fingerprint density at radius 2 is 2.09 bits per heavy atom. The lowest BCUT2D eigenvalue weighted by atomic mass is 10.2. The van der Waals surface area contributed by atoms with E-state index in [1.165, 1.54) is 7.11 Å². The summed E-state index contributed by atoms with van der Waals surface area (Å²) in [5, 5.41) is 0. The standard InChI is InChI=1S/C16H27N3O3/c1-17-8-10-19(11-9-17)7-4-6-18(2)13-14-5-12-22-15(14)16(20)21-3/h5,12H,4,6-11,13H2,1-3H3. The number of hydrogen-bond donors (Lipinski definition) is 0. The maximum absolute atomic E-state index is 11.6. The molecule has 6 heteroatoms. The van der Waals surface area contributed by atoms with Gasteiger partial charge in [-0.3, -0.25) is 0 Å². The minimum Gasteiger partial charge on any atom is -0.463 e. The number of methoxy groups -OCH3 is 1. The van der Waals surface area contributed by atoms with Crippen LogP contribution in [-0.2, 0) is 11.3 Å². The van der Waals surface area contributed by atoms with Gasteiger partial charge in [0.15, 0.2) is 0 Å². The number of carbonyl (C=O) groups excluding carboxylic acids is 1. The van der Waals surface area contributed by atoms with Gasteiger partial charge in [-0.1, -0.05) is 0 Å². The predicted molar refractivity (Wildman–Crippen MR) is 84.9 cm³/mol. The molecule has 1 aromatic heterocycles. The number of nitrogens with zero attached hydrogens (tertiary/aromatic N) is 3. The molecule has 0 spiro atoms. The molecule has 1 aliphatic heterocycles. The predicted octanol–water partition coefficient (Wildman–Crippen LogP) is 1.14. The third kappa shape index (κ3) is 4.83. The molecule has 6 nitrogen and oxygen atoms in total. The molecule has 2 rings (SSSR count). The first-order valence-corrected chi connectivity index (χ1v) is 7.84. The van der Waals surface area contributed by atoms with Crippen LogP contribution >= 0.6 is 0 Å². The first-order valence-electron chi connectivity index (χ1n) is 7.84. The van der Waals surface area contributed by atoms with Crippen molar-refractivity contribution in [2.24, 2.45) is 0 Å². The number of esters is 1. The highest BCUT2D eigenvalue weighted by molar-refractivity contribution is 5.87. The maximum atomic E-state index is 11.6. The minimum absolute atomic E-state index is 0.313. The number of piperazine rings is 1. The minimum atomic E-state index is -0.411. The van der Waals surface area contributed by atoms with Gasteiger partial charge in [0.05, 0.1) is 13.4 Å². The van der Waals surface area contributed by atoms with Crippen LogP contribution in [0.5, 0.6) is 0 Å². The smallest absolute Gasteiger partial charge is 0.374 e. The van der Waals surface area contributed by atoms with Crippen LogP contribution in [0.25, 0.3) is 0 Å². The quantitative estimate of drug-likeness (QED) is 0.704. The second kappa shape index (κ2) is 8.31. The summed E-state index contributed by atoms with van der Waals surface area (Å²) >= 11 is 0. The Balaban J connectivity index is 1.71. The molecular formula is C16H27N3O3. The number of furan rings is 1. The number of carbonyl (C=O) groups is 1. The van der Waals surface area contributed by atoms with Crippen LogP contribution in [0.1, 0.15) is 22.5 Å². The summed E-state index contributed by atoms with van der Waals surface area (Å²) in [4.78, 5) is 18.7. The van der Waals surface area contributed by atoms with Crippen molar-refractivity contribution in [3.63, 3.8) is 0 Å². The van der Waals surface area contributed by atoms with Crippen molar-refractivity contribution in [2.75, 3.05) is 60.5 Å². The molecule has 22 heavy (non-hydrogen) atoms. The van der Waals surface area contributed by atoms with Gasteiger partial charge in [0, 0.05) is 38.3 Å². The molecule has 0 bridgehead atoms. The molecule has 0 unspecified atom stereocenters. The summed E-state index contributed by atoms with van der Waals surface area (Å²) in [5.41, 5.74) is 0.883. The molecule has 1 aromatic rings. The third-order valence-electron chi connectivity index (χ3n) is 4.17. The summed E-state index contributed by atoms with van der Waals surface area (Å²) in [6.07, 6.45) is 2.67. The van der Waals surface area contributed by atoms with E-state index in [1.807, 2.05) is 6.07 Å². The Labute approximate surface area is 132 Å². The fraction of sp³-hybridized carbons (Fsp3) is 0.688. The molecule has 1 aliphatic rings. The van der Waals surface area contributed by atoms with Gasteiger partial charge in [0.2, 0.25) is 5.76 Å². The zero-order valence-electron chi connectivity index (χ0n) is 13.9. The second-order valence-corrected chi connectivity index (χ2v) is 6.00. The van der Waals surface area contributed by atoms with Crippen molar-refractivity contribution in [3.8, 4) is 0 Å². The van der Waals surface area contributed by atoms with Gasteiger partial charge >= 0.3 is 5.97 Å². The van der Waals surface area contributed by atoms with Crippen LogP contribution in [0.3, 0.4) is 0 Å². The van der Waals surface area contributed by atoms with E-state index in [1.54, 1.807) is 6.26 Å². The molecular weight excluding hydrogens is 282 g/mol. The Morgan fingerprint density at radius 1 is 1.36 bits per heavy atom. The summed E-state index contributed by atoms with van der Waals surface area (Å²) in [7, 11) is 5.61. The molecule has 1 saturated heterocycles. The summed E-state index contributed by atoms with van der Waals surface area (Å²) < 4.78 is 9.94. The Morgan fingerprint density at radius 3 is 2.77 bits per heavy atom.